The number of hydrogen-bond donors (Lipinski definition) is 1. The fraction of sp³-hybridized carbons (Fsp3) is 0.250. The summed E-state index contributed by atoms with van der Waals surface area (Å²) >= 11 is 5.81. The molecule has 0 unspecified atom stereocenters. The van der Waals surface area contributed by atoms with Crippen LogP contribution in [-0.4, -0.2) is 29.8 Å². The molecule has 1 aromatic heterocycles. The standard InChI is InChI=1S/C12H11ClN2O5S/c1-6-9(12(16)17)3-8(13)4-11(6)21(18,19)5-10-7(2)14-20-15-10/h3-4H,5H2,1-2H3,(H,16,17). The monoisotopic (exact) mass is 330 g/mol. The molecule has 9 heteroatoms. The van der Waals surface area contributed by atoms with Crippen LogP contribution >= 0.6 is 11.6 Å². The SMILES string of the molecule is Cc1nonc1CS(=O)(=O)c1cc(Cl)cc(C(=O)O)c1C. The molecular formula is C12H11ClN2O5S. The van der Waals surface area contributed by atoms with Crippen molar-refractivity contribution in [2.45, 2.75) is 24.5 Å². The van der Waals surface area contributed by atoms with E-state index in [1.807, 2.05) is 0 Å². The molecule has 0 spiro atoms. The largest absolute Gasteiger partial charge is 0.478 e. The zero-order valence-electron chi connectivity index (χ0n) is 11.1. The first kappa shape index (κ1) is 15.5. The third kappa shape index (κ3) is 3.06. The Bertz CT molecular complexity index is 813. The van der Waals surface area contributed by atoms with Gasteiger partial charge in [0.1, 0.15) is 17.1 Å². The van der Waals surface area contributed by atoms with Crippen LogP contribution in [-0.2, 0) is 15.6 Å². The third-order valence-electron chi connectivity index (χ3n) is 2.96. The molecule has 0 aliphatic carbocycles. The quantitative estimate of drug-likeness (QED) is 0.912. The topological polar surface area (TPSA) is 110 Å². The van der Waals surface area contributed by atoms with E-state index >= 15 is 0 Å². The highest BCUT2D eigenvalue weighted by Crippen LogP contribution is 2.27. The van der Waals surface area contributed by atoms with Crippen molar-refractivity contribution in [3.8, 4) is 0 Å². The van der Waals surface area contributed by atoms with E-state index in [0.717, 1.165) is 0 Å². The number of rotatable bonds is 4. The molecule has 1 heterocycles. The Kier molecular flexibility index (Phi) is 4.02. The molecule has 0 saturated carbocycles. The third-order valence-corrected chi connectivity index (χ3v) is 4.93. The minimum Gasteiger partial charge on any atom is -0.478 e. The smallest absolute Gasteiger partial charge is 0.336 e. The number of carbonyl (C=O) groups is 1. The summed E-state index contributed by atoms with van der Waals surface area (Å²) in [4.78, 5) is 11.0. The van der Waals surface area contributed by atoms with E-state index in [2.05, 4.69) is 14.9 Å². The number of benzene rings is 1. The molecule has 0 saturated heterocycles. The number of aromatic carboxylic acids is 1. The van der Waals surface area contributed by atoms with Gasteiger partial charge in [0, 0.05) is 5.02 Å². The Hall–Kier alpha value is -1.93. The Morgan fingerprint density at radius 1 is 1.33 bits per heavy atom. The highest BCUT2D eigenvalue weighted by atomic mass is 35.5. The van der Waals surface area contributed by atoms with Crippen molar-refractivity contribution >= 4 is 27.4 Å². The molecule has 2 aromatic rings. The van der Waals surface area contributed by atoms with E-state index < -0.39 is 21.6 Å². The Balaban J connectivity index is 2.55. The molecule has 0 aliphatic rings. The van der Waals surface area contributed by atoms with Gasteiger partial charge < -0.3 is 5.11 Å². The molecule has 1 N–H and O–H groups in total. The molecule has 0 fully saturated rings. The van der Waals surface area contributed by atoms with E-state index in [-0.39, 0.29) is 26.7 Å². The van der Waals surface area contributed by atoms with Crippen LogP contribution in [0.25, 0.3) is 0 Å². The predicted molar refractivity (Wildman–Crippen MR) is 73.1 cm³/mol. The van der Waals surface area contributed by atoms with Crippen molar-refractivity contribution in [1.82, 2.24) is 10.3 Å². The van der Waals surface area contributed by atoms with Gasteiger partial charge in [0.05, 0.1) is 10.5 Å². The number of carboxylic acids is 1. The number of halogens is 1. The van der Waals surface area contributed by atoms with Crippen LogP contribution in [0.4, 0.5) is 0 Å². The minimum absolute atomic E-state index is 0.0339. The van der Waals surface area contributed by atoms with Crippen LogP contribution in [0.15, 0.2) is 21.7 Å². The molecule has 112 valence electrons. The Morgan fingerprint density at radius 3 is 2.52 bits per heavy atom. The molecular weight excluding hydrogens is 320 g/mol. The van der Waals surface area contributed by atoms with Crippen LogP contribution in [0.5, 0.6) is 0 Å². The summed E-state index contributed by atoms with van der Waals surface area (Å²) in [5, 5.41) is 16.2. The van der Waals surface area contributed by atoms with Gasteiger partial charge in [-0.2, -0.15) is 0 Å². The summed E-state index contributed by atoms with van der Waals surface area (Å²) in [5.41, 5.74) is 0.500. The first-order chi connectivity index (χ1) is 9.72. The maximum absolute atomic E-state index is 12.4. The fourth-order valence-corrected chi connectivity index (χ4v) is 3.78. The summed E-state index contributed by atoms with van der Waals surface area (Å²) in [6.45, 7) is 2.98. The highest BCUT2D eigenvalue weighted by molar-refractivity contribution is 7.90. The highest BCUT2D eigenvalue weighted by Gasteiger charge is 2.25. The maximum Gasteiger partial charge on any atom is 0.336 e. The zero-order valence-corrected chi connectivity index (χ0v) is 12.7. The van der Waals surface area contributed by atoms with Crippen molar-refractivity contribution in [2.75, 3.05) is 0 Å². The van der Waals surface area contributed by atoms with Gasteiger partial charge in [0.15, 0.2) is 9.84 Å². The predicted octanol–water partition coefficient (Wildman–Crippen LogP) is 2.01. The first-order valence-corrected chi connectivity index (χ1v) is 7.79. The van der Waals surface area contributed by atoms with Gasteiger partial charge in [0.2, 0.25) is 0 Å². The minimum atomic E-state index is -3.83. The van der Waals surface area contributed by atoms with Gasteiger partial charge in [0.25, 0.3) is 0 Å². The fourth-order valence-electron chi connectivity index (χ4n) is 1.84. The van der Waals surface area contributed by atoms with Crippen LogP contribution in [0.1, 0.15) is 27.3 Å². The van der Waals surface area contributed by atoms with E-state index in [4.69, 9.17) is 16.7 Å². The average Bonchev–Trinajstić information content (AvgIpc) is 2.76. The summed E-state index contributed by atoms with van der Waals surface area (Å²) < 4.78 is 29.3. The van der Waals surface area contributed by atoms with E-state index in [1.165, 1.54) is 19.1 Å². The molecule has 0 amide bonds. The van der Waals surface area contributed by atoms with E-state index in [0.29, 0.717) is 5.69 Å². The van der Waals surface area contributed by atoms with Crippen molar-refractivity contribution in [1.29, 1.82) is 0 Å². The Labute approximate surface area is 125 Å². The lowest BCUT2D eigenvalue weighted by molar-refractivity contribution is 0.0696. The summed E-state index contributed by atoms with van der Waals surface area (Å²) in [6.07, 6.45) is 0. The van der Waals surface area contributed by atoms with Crippen molar-refractivity contribution in [3.63, 3.8) is 0 Å². The normalized spacial score (nSPS) is 11.6. The number of aryl methyl sites for hydroxylation is 1. The number of nitrogens with zero attached hydrogens (tertiary/aromatic N) is 2. The molecule has 2 rings (SSSR count). The zero-order chi connectivity index (χ0) is 15.8. The second-order valence-corrected chi connectivity index (χ2v) is 6.83. The van der Waals surface area contributed by atoms with Crippen LogP contribution < -0.4 is 0 Å². The van der Waals surface area contributed by atoms with Gasteiger partial charge in [-0.05, 0) is 31.5 Å². The van der Waals surface area contributed by atoms with Crippen molar-refractivity contribution in [2.24, 2.45) is 0 Å². The van der Waals surface area contributed by atoms with E-state index in [9.17, 15) is 13.2 Å². The summed E-state index contributed by atoms with van der Waals surface area (Å²) in [7, 11) is -3.83. The van der Waals surface area contributed by atoms with E-state index in [1.54, 1.807) is 6.92 Å². The van der Waals surface area contributed by atoms with Crippen molar-refractivity contribution < 1.29 is 22.9 Å². The van der Waals surface area contributed by atoms with Gasteiger partial charge in [-0.25, -0.2) is 17.8 Å². The molecule has 1 aromatic carbocycles. The van der Waals surface area contributed by atoms with Gasteiger partial charge in [-0.3, -0.25) is 0 Å². The molecule has 0 radical (unpaired) electrons. The van der Waals surface area contributed by atoms with Gasteiger partial charge in [-0.15, -0.1) is 0 Å². The van der Waals surface area contributed by atoms with Gasteiger partial charge >= 0.3 is 5.97 Å². The molecule has 21 heavy (non-hydrogen) atoms. The molecule has 0 aliphatic heterocycles. The van der Waals surface area contributed by atoms with Crippen molar-refractivity contribution in [3.05, 3.63) is 39.7 Å². The Morgan fingerprint density at radius 2 is 2.00 bits per heavy atom. The maximum atomic E-state index is 12.4. The first-order valence-electron chi connectivity index (χ1n) is 5.76. The molecule has 0 bridgehead atoms. The lowest BCUT2D eigenvalue weighted by atomic mass is 10.1. The average molecular weight is 331 g/mol. The second kappa shape index (κ2) is 5.45. The molecule has 0 atom stereocenters. The van der Waals surface area contributed by atoms with Crippen LogP contribution in [0.3, 0.4) is 0 Å². The lowest BCUT2D eigenvalue weighted by Gasteiger charge is -2.10. The number of carboxylic acid groups (broad SMARTS) is 1. The second-order valence-electron chi connectivity index (χ2n) is 4.44. The molecule has 7 nitrogen and oxygen atoms in total. The number of aromatic nitrogens is 2. The summed E-state index contributed by atoms with van der Waals surface area (Å²) in [5.74, 6) is -1.69. The van der Waals surface area contributed by atoms with Crippen LogP contribution in [0, 0.1) is 13.8 Å². The summed E-state index contributed by atoms with van der Waals surface area (Å²) in [6, 6.07) is 2.43. The number of hydrogen-bond acceptors (Lipinski definition) is 6. The van der Waals surface area contributed by atoms with Gasteiger partial charge in [-0.1, -0.05) is 21.9 Å². The van der Waals surface area contributed by atoms with Crippen LogP contribution in [0.2, 0.25) is 5.02 Å². The number of sulfone groups is 1. The lowest BCUT2D eigenvalue weighted by Crippen LogP contribution is -2.11.